The fourth-order valence-corrected chi connectivity index (χ4v) is 1.34. The summed E-state index contributed by atoms with van der Waals surface area (Å²) in [6.07, 6.45) is 0. The summed E-state index contributed by atoms with van der Waals surface area (Å²) in [6, 6.07) is 0.955. The number of anilines is 1. The second kappa shape index (κ2) is 5.44. The Labute approximate surface area is 115 Å². The fourth-order valence-electron chi connectivity index (χ4n) is 1.34. The Bertz CT molecular complexity index is 559. The van der Waals surface area contributed by atoms with Crippen molar-refractivity contribution in [3.05, 3.63) is 29.3 Å². The Balaban J connectivity index is 2.97. The predicted molar refractivity (Wildman–Crippen MR) is 69.6 cm³/mol. The molecule has 1 aromatic rings. The first kappa shape index (κ1) is 15.9. The molecule has 7 heteroatoms. The van der Waals surface area contributed by atoms with Gasteiger partial charge in [0.1, 0.15) is 17.2 Å². The topological polar surface area (TPSA) is 69.6 Å². The highest BCUT2D eigenvalue weighted by Gasteiger charge is 2.35. The second-order valence-corrected chi connectivity index (χ2v) is 4.93. The summed E-state index contributed by atoms with van der Waals surface area (Å²) in [4.78, 5) is 23.8. The van der Waals surface area contributed by atoms with Crippen LogP contribution in [0.4, 0.5) is 19.3 Å². The quantitative estimate of drug-likeness (QED) is 0.897. The van der Waals surface area contributed by atoms with Crippen molar-refractivity contribution in [1.29, 1.82) is 0 Å². The number of carbonyl (C=O) groups excluding carboxylic acids is 1. The van der Waals surface area contributed by atoms with E-state index in [1.165, 1.54) is 27.8 Å². The van der Waals surface area contributed by atoms with E-state index in [2.05, 4.69) is 5.32 Å². The first-order valence-corrected chi connectivity index (χ1v) is 5.81. The van der Waals surface area contributed by atoms with Crippen LogP contribution in [0.2, 0.25) is 0 Å². The van der Waals surface area contributed by atoms with E-state index >= 15 is 0 Å². The number of nitrogens with one attached hydrogen (secondary N) is 1. The van der Waals surface area contributed by atoms with Gasteiger partial charge in [-0.2, -0.15) is 0 Å². The Morgan fingerprint density at radius 3 is 2.30 bits per heavy atom. The van der Waals surface area contributed by atoms with E-state index in [9.17, 15) is 18.4 Å². The van der Waals surface area contributed by atoms with E-state index in [1.807, 2.05) is 0 Å². The molecule has 0 fully saturated rings. The lowest BCUT2D eigenvalue weighted by atomic mass is 10.1. The third-order valence-electron chi connectivity index (χ3n) is 3.16. The largest absolute Gasteiger partial charge is 0.480 e. The number of aliphatic carboxylic acids is 1. The molecule has 0 atom stereocenters. The van der Waals surface area contributed by atoms with Crippen LogP contribution in [0.25, 0.3) is 0 Å². The number of likely N-dealkylation sites (N-methyl/N-ethyl adjacent to an activating group) is 1. The molecule has 110 valence electrons. The van der Waals surface area contributed by atoms with Gasteiger partial charge in [-0.3, -0.25) is 0 Å². The molecule has 0 aromatic heterocycles. The Hall–Kier alpha value is -2.18. The van der Waals surface area contributed by atoms with Crippen LogP contribution in [-0.4, -0.2) is 34.6 Å². The molecule has 0 aliphatic carbocycles. The lowest BCUT2D eigenvalue weighted by molar-refractivity contribution is -0.146. The molecule has 0 unspecified atom stereocenters. The van der Waals surface area contributed by atoms with Crippen molar-refractivity contribution >= 4 is 17.7 Å². The lowest BCUT2D eigenvalue weighted by Gasteiger charge is -2.31. The number of benzene rings is 1. The molecule has 2 N–H and O–H groups in total. The van der Waals surface area contributed by atoms with E-state index in [4.69, 9.17) is 5.11 Å². The number of hydrogen-bond donors (Lipinski definition) is 2. The molecule has 0 spiro atoms. The van der Waals surface area contributed by atoms with Crippen molar-refractivity contribution in [3.63, 3.8) is 0 Å². The number of nitrogens with zero attached hydrogens (tertiary/aromatic N) is 1. The molecule has 0 radical (unpaired) electrons. The van der Waals surface area contributed by atoms with Gasteiger partial charge in [-0.15, -0.1) is 0 Å². The first-order valence-electron chi connectivity index (χ1n) is 5.81. The van der Waals surface area contributed by atoms with Crippen LogP contribution in [0.15, 0.2) is 12.1 Å². The molecule has 2 amide bonds. The number of carboxylic acid groups (broad SMARTS) is 1. The summed E-state index contributed by atoms with van der Waals surface area (Å²) in [5, 5.41) is 11.2. The Kier molecular flexibility index (Phi) is 4.32. The summed E-state index contributed by atoms with van der Waals surface area (Å²) >= 11 is 0. The van der Waals surface area contributed by atoms with Crippen LogP contribution < -0.4 is 5.32 Å². The zero-order valence-corrected chi connectivity index (χ0v) is 11.6. The molecule has 0 aliphatic rings. The zero-order valence-electron chi connectivity index (χ0n) is 11.6. The van der Waals surface area contributed by atoms with Gasteiger partial charge in [0.05, 0.1) is 5.69 Å². The number of halogens is 2. The number of aryl methyl sites for hydroxylation is 1. The van der Waals surface area contributed by atoms with Crippen LogP contribution in [0, 0.1) is 18.6 Å². The summed E-state index contributed by atoms with van der Waals surface area (Å²) in [5.74, 6) is -2.67. The van der Waals surface area contributed by atoms with Crippen molar-refractivity contribution < 1.29 is 23.5 Å². The van der Waals surface area contributed by atoms with Crippen LogP contribution in [0.5, 0.6) is 0 Å². The normalized spacial score (nSPS) is 11.1. The zero-order chi connectivity index (χ0) is 15.7. The number of carboxylic acids is 1. The number of amides is 2. The SMILES string of the molecule is Cc1cc(F)c(NC(=O)N(C)C(C)(C)C(=O)O)cc1F. The highest BCUT2D eigenvalue weighted by molar-refractivity contribution is 5.93. The molecular formula is C13H16F2N2O3. The van der Waals surface area contributed by atoms with Gasteiger partial charge in [0, 0.05) is 13.1 Å². The summed E-state index contributed by atoms with van der Waals surface area (Å²) in [5.41, 5.74) is -1.71. The minimum atomic E-state index is -1.48. The maximum atomic E-state index is 13.6. The standard InChI is InChI=1S/C13H16F2N2O3/c1-7-5-9(15)10(6-8(7)14)16-12(20)17(4)13(2,3)11(18)19/h5-6H,1-4H3,(H,16,20)(H,18,19). The average Bonchev–Trinajstić information content (AvgIpc) is 2.34. The van der Waals surface area contributed by atoms with Crippen LogP contribution in [-0.2, 0) is 4.79 Å². The fraction of sp³-hybridized carbons (Fsp3) is 0.385. The maximum absolute atomic E-state index is 13.6. The van der Waals surface area contributed by atoms with Crippen LogP contribution >= 0.6 is 0 Å². The smallest absolute Gasteiger partial charge is 0.329 e. The van der Waals surface area contributed by atoms with Crippen molar-refractivity contribution in [2.24, 2.45) is 0 Å². The first-order chi connectivity index (χ1) is 9.07. The number of carbonyl (C=O) groups is 2. The third kappa shape index (κ3) is 3.04. The molecule has 0 saturated heterocycles. The number of rotatable bonds is 3. The molecule has 0 saturated carbocycles. The Morgan fingerprint density at radius 2 is 1.80 bits per heavy atom. The van der Waals surface area contributed by atoms with E-state index in [1.54, 1.807) is 0 Å². The minimum Gasteiger partial charge on any atom is -0.480 e. The van der Waals surface area contributed by atoms with Crippen molar-refractivity contribution in [2.75, 3.05) is 12.4 Å². The van der Waals surface area contributed by atoms with Crippen LogP contribution in [0.1, 0.15) is 19.4 Å². The van der Waals surface area contributed by atoms with Crippen molar-refractivity contribution in [3.8, 4) is 0 Å². The highest BCUT2D eigenvalue weighted by Crippen LogP contribution is 2.20. The summed E-state index contributed by atoms with van der Waals surface area (Å²) < 4.78 is 26.9. The highest BCUT2D eigenvalue weighted by atomic mass is 19.1. The molecule has 0 bridgehead atoms. The minimum absolute atomic E-state index is 0.111. The molecular weight excluding hydrogens is 270 g/mol. The monoisotopic (exact) mass is 286 g/mol. The maximum Gasteiger partial charge on any atom is 0.329 e. The van der Waals surface area contributed by atoms with Gasteiger partial charge in [-0.1, -0.05) is 0 Å². The van der Waals surface area contributed by atoms with E-state index in [0.717, 1.165) is 17.0 Å². The average molecular weight is 286 g/mol. The summed E-state index contributed by atoms with van der Waals surface area (Å²) in [7, 11) is 1.26. The van der Waals surface area contributed by atoms with Gasteiger partial charge in [-0.05, 0) is 32.4 Å². The third-order valence-corrected chi connectivity index (χ3v) is 3.16. The van der Waals surface area contributed by atoms with E-state index < -0.39 is 29.2 Å². The van der Waals surface area contributed by atoms with Gasteiger partial charge in [0.15, 0.2) is 0 Å². The Morgan fingerprint density at radius 1 is 1.25 bits per heavy atom. The van der Waals surface area contributed by atoms with Gasteiger partial charge in [0.2, 0.25) is 0 Å². The van der Waals surface area contributed by atoms with Crippen molar-refractivity contribution in [1.82, 2.24) is 4.90 Å². The molecule has 0 heterocycles. The van der Waals surface area contributed by atoms with Crippen molar-refractivity contribution in [2.45, 2.75) is 26.3 Å². The summed E-state index contributed by atoms with van der Waals surface area (Å²) in [6.45, 7) is 4.03. The van der Waals surface area contributed by atoms with E-state index in [0.29, 0.717) is 0 Å². The second-order valence-electron chi connectivity index (χ2n) is 4.93. The number of urea groups is 1. The molecule has 0 aliphatic heterocycles. The van der Waals surface area contributed by atoms with Gasteiger partial charge in [0.25, 0.3) is 0 Å². The molecule has 1 aromatic carbocycles. The van der Waals surface area contributed by atoms with Gasteiger partial charge >= 0.3 is 12.0 Å². The molecule has 20 heavy (non-hydrogen) atoms. The molecule has 1 rings (SSSR count). The predicted octanol–water partition coefficient (Wildman–Crippen LogP) is 2.60. The van der Waals surface area contributed by atoms with Gasteiger partial charge in [-0.25, -0.2) is 18.4 Å². The van der Waals surface area contributed by atoms with Gasteiger partial charge < -0.3 is 15.3 Å². The lowest BCUT2D eigenvalue weighted by Crippen LogP contribution is -2.52. The van der Waals surface area contributed by atoms with Crippen LogP contribution in [0.3, 0.4) is 0 Å². The van der Waals surface area contributed by atoms with E-state index in [-0.39, 0.29) is 11.3 Å². The molecule has 5 nitrogen and oxygen atoms in total. The number of hydrogen-bond acceptors (Lipinski definition) is 2.